The van der Waals surface area contributed by atoms with Crippen LogP contribution in [0.1, 0.15) is 26.5 Å². The third-order valence-corrected chi connectivity index (χ3v) is 5.23. The Balaban J connectivity index is 1.55. The van der Waals surface area contributed by atoms with Gasteiger partial charge in [-0.2, -0.15) is 0 Å². The van der Waals surface area contributed by atoms with Crippen molar-refractivity contribution in [1.29, 1.82) is 0 Å². The number of carboxylic acids is 1. The molecule has 140 valence electrons. The van der Waals surface area contributed by atoms with E-state index in [1.165, 1.54) is 16.9 Å². The van der Waals surface area contributed by atoms with E-state index in [-0.39, 0.29) is 4.88 Å². The molecule has 1 heterocycles. The minimum atomic E-state index is -0.944. The highest BCUT2D eigenvalue weighted by molar-refractivity contribution is 7.17. The first-order valence-electron chi connectivity index (χ1n) is 8.58. The predicted molar refractivity (Wildman–Crippen MR) is 106 cm³/mol. The van der Waals surface area contributed by atoms with E-state index in [4.69, 9.17) is 14.6 Å². The molecule has 3 aromatic rings. The van der Waals surface area contributed by atoms with Gasteiger partial charge in [0.2, 0.25) is 0 Å². The molecule has 0 aliphatic carbocycles. The van der Waals surface area contributed by atoms with Gasteiger partial charge in [-0.1, -0.05) is 17.7 Å². The number of hydrogen-bond donors (Lipinski definition) is 1. The molecule has 0 saturated carbocycles. The number of rotatable bonds is 7. The normalized spacial score (nSPS) is 10.6. The molecule has 2 aromatic carbocycles. The lowest BCUT2D eigenvalue weighted by atomic mass is 10.1. The van der Waals surface area contributed by atoms with Gasteiger partial charge in [0, 0.05) is 5.56 Å². The van der Waals surface area contributed by atoms with E-state index in [1.807, 2.05) is 43.3 Å². The molecule has 0 fully saturated rings. The Morgan fingerprint density at radius 1 is 1.04 bits per heavy atom. The van der Waals surface area contributed by atoms with E-state index in [2.05, 4.69) is 18.0 Å². The number of aromatic nitrogens is 1. The zero-order chi connectivity index (χ0) is 19.4. The van der Waals surface area contributed by atoms with Gasteiger partial charge >= 0.3 is 5.97 Å². The summed E-state index contributed by atoms with van der Waals surface area (Å²) in [6, 6.07) is 13.5. The second-order valence-electron chi connectivity index (χ2n) is 6.23. The second-order valence-corrected chi connectivity index (χ2v) is 7.23. The van der Waals surface area contributed by atoms with Crippen molar-refractivity contribution in [2.75, 3.05) is 13.2 Å². The standard InChI is InChI=1S/C21H21NO4S/c1-13-4-9-18(14(2)12-13)26-11-10-25-17-7-5-16(6-8-17)20-22-15(3)19(27-20)21(23)24/h4-9,12H,10-11H2,1-3H3,(H,23,24). The van der Waals surface area contributed by atoms with E-state index in [0.29, 0.717) is 23.9 Å². The number of carboxylic acid groups (broad SMARTS) is 1. The van der Waals surface area contributed by atoms with Gasteiger partial charge in [0.25, 0.3) is 0 Å². The van der Waals surface area contributed by atoms with E-state index >= 15 is 0 Å². The van der Waals surface area contributed by atoms with Crippen molar-refractivity contribution in [3.8, 4) is 22.1 Å². The third kappa shape index (κ3) is 4.65. The Labute approximate surface area is 162 Å². The van der Waals surface area contributed by atoms with Crippen molar-refractivity contribution >= 4 is 17.3 Å². The number of benzene rings is 2. The Morgan fingerprint density at radius 2 is 1.74 bits per heavy atom. The first-order chi connectivity index (χ1) is 12.9. The molecule has 27 heavy (non-hydrogen) atoms. The maximum Gasteiger partial charge on any atom is 0.347 e. The number of aromatic carboxylic acids is 1. The molecule has 0 amide bonds. The fraction of sp³-hybridized carbons (Fsp3) is 0.238. The van der Waals surface area contributed by atoms with Crippen LogP contribution in [0.5, 0.6) is 11.5 Å². The molecule has 0 aliphatic heterocycles. The molecule has 0 aliphatic rings. The van der Waals surface area contributed by atoms with Crippen LogP contribution in [0.25, 0.3) is 10.6 Å². The van der Waals surface area contributed by atoms with Crippen LogP contribution < -0.4 is 9.47 Å². The summed E-state index contributed by atoms with van der Waals surface area (Å²) in [5.41, 5.74) is 3.72. The first-order valence-corrected chi connectivity index (χ1v) is 9.39. The van der Waals surface area contributed by atoms with Crippen LogP contribution in [0.2, 0.25) is 0 Å². The molecule has 0 atom stereocenters. The molecule has 0 radical (unpaired) electrons. The SMILES string of the molecule is Cc1ccc(OCCOc2ccc(-c3nc(C)c(C(=O)O)s3)cc2)c(C)c1. The summed E-state index contributed by atoms with van der Waals surface area (Å²) in [6.07, 6.45) is 0. The number of aryl methyl sites for hydroxylation is 3. The summed E-state index contributed by atoms with van der Waals surface area (Å²) in [5.74, 6) is 0.655. The molecule has 1 aromatic heterocycles. The maximum atomic E-state index is 11.1. The van der Waals surface area contributed by atoms with Gasteiger partial charge in [-0.15, -0.1) is 11.3 Å². The van der Waals surface area contributed by atoms with Crippen LogP contribution in [0.4, 0.5) is 0 Å². The van der Waals surface area contributed by atoms with E-state index in [0.717, 1.165) is 22.6 Å². The first kappa shape index (κ1) is 18.9. The van der Waals surface area contributed by atoms with Crippen molar-refractivity contribution in [2.45, 2.75) is 20.8 Å². The Morgan fingerprint density at radius 3 is 2.37 bits per heavy atom. The molecule has 6 heteroatoms. The number of thiazole rings is 1. The van der Waals surface area contributed by atoms with Crippen molar-refractivity contribution in [3.05, 3.63) is 64.2 Å². The van der Waals surface area contributed by atoms with Gasteiger partial charge < -0.3 is 14.6 Å². The van der Waals surface area contributed by atoms with Crippen LogP contribution in [0.3, 0.4) is 0 Å². The average molecular weight is 383 g/mol. The molecule has 0 spiro atoms. The zero-order valence-electron chi connectivity index (χ0n) is 15.5. The topological polar surface area (TPSA) is 68.7 Å². The third-order valence-electron chi connectivity index (χ3n) is 4.03. The molecule has 0 unspecified atom stereocenters. The smallest absolute Gasteiger partial charge is 0.347 e. The maximum absolute atomic E-state index is 11.1. The summed E-state index contributed by atoms with van der Waals surface area (Å²) < 4.78 is 11.5. The lowest BCUT2D eigenvalue weighted by Crippen LogP contribution is -2.09. The van der Waals surface area contributed by atoms with Gasteiger partial charge in [0.1, 0.15) is 34.6 Å². The molecule has 0 saturated heterocycles. The van der Waals surface area contributed by atoms with Crippen molar-refractivity contribution < 1.29 is 19.4 Å². The van der Waals surface area contributed by atoms with Gasteiger partial charge in [-0.3, -0.25) is 0 Å². The number of nitrogens with zero attached hydrogens (tertiary/aromatic N) is 1. The van der Waals surface area contributed by atoms with Crippen LogP contribution in [0, 0.1) is 20.8 Å². The monoisotopic (exact) mass is 383 g/mol. The Hall–Kier alpha value is -2.86. The quantitative estimate of drug-likeness (QED) is 0.588. The van der Waals surface area contributed by atoms with Crippen molar-refractivity contribution in [2.24, 2.45) is 0 Å². The van der Waals surface area contributed by atoms with Crippen LogP contribution in [-0.4, -0.2) is 29.3 Å². The fourth-order valence-electron chi connectivity index (χ4n) is 2.68. The average Bonchev–Trinajstić information content (AvgIpc) is 3.03. The van der Waals surface area contributed by atoms with Gasteiger partial charge in [0.15, 0.2) is 0 Å². The molecule has 0 bridgehead atoms. The fourth-order valence-corrected chi connectivity index (χ4v) is 3.59. The largest absolute Gasteiger partial charge is 0.490 e. The summed E-state index contributed by atoms with van der Waals surface area (Å²) in [7, 11) is 0. The van der Waals surface area contributed by atoms with Crippen LogP contribution >= 0.6 is 11.3 Å². The van der Waals surface area contributed by atoms with Gasteiger partial charge in [0.05, 0.1) is 5.69 Å². The highest BCUT2D eigenvalue weighted by Crippen LogP contribution is 2.29. The Bertz CT molecular complexity index is 947. The lowest BCUT2D eigenvalue weighted by Gasteiger charge is -2.11. The molecular weight excluding hydrogens is 362 g/mol. The summed E-state index contributed by atoms with van der Waals surface area (Å²) >= 11 is 1.18. The van der Waals surface area contributed by atoms with Crippen LogP contribution in [0.15, 0.2) is 42.5 Å². The zero-order valence-corrected chi connectivity index (χ0v) is 16.3. The molecule has 1 N–H and O–H groups in total. The van der Waals surface area contributed by atoms with Crippen LogP contribution in [-0.2, 0) is 0 Å². The Kier molecular flexibility index (Phi) is 5.76. The summed E-state index contributed by atoms with van der Waals surface area (Å²) in [5, 5.41) is 9.83. The number of ether oxygens (including phenoxy) is 2. The van der Waals surface area contributed by atoms with E-state index < -0.39 is 5.97 Å². The highest BCUT2D eigenvalue weighted by Gasteiger charge is 2.14. The minimum Gasteiger partial charge on any atom is -0.490 e. The van der Waals surface area contributed by atoms with Crippen molar-refractivity contribution in [1.82, 2.24) is 4.98 Å². The second kappa shape index (κ2) is 8.22. The summed E-state index contributed by atoms with van der Waals surface area (Å²) in [4.78, 5) is 15.8. The molecular formula is C21H21NO4S. The highest BCUT2D eigenvalue weighted by atomic mass is 32.1. The van der Waals surface area contributed by atoms with Gasteiger partial charge in [-0.05, 0) is 56.7 Å². The molecule has 5 nitrogen and oxygen atoms in total. The van der Waals surface area contributed by atoms with Crippen molar-refractivity contribution in [3.63, 3.8) is 0 Å². The lowest BCUT2D eigenvalue weighted by molar-refractivity contribution is 0.0701. The predicted octanol–water partition coefficient (Wildman–Crippen LogP) is 4.89. The van der Waals surface area contributed by atoms with Gasteiger partial charge in [-0.25, -0.2) is 9.78 Å². The minimum absolute atomic E-state index is 0.272. The van der Waals surface area contributed by atoms with E-state index in [1.54, 1.807) is 6.92 Å². The van der Waals surface area contributed by atoms with E-state index in [9.17, 15) is 4.79 Å². The number of carbonyl (C=O) groups is 1. The molecule has 3 rings (SSSR count). The summed E-state index contributed by atoms with van der Waals surface area (Å²) in [6.45, 7) is 6.68. The number of hydrogen-bond acceptors (Lipinski definition) is 5.